The van der Waals surface area contributed by atoms with Crippen LogP contribution in [0.3, 0.4) is 0 Å². The lowest BCUT2D eigenvalue weighted by Gasteiger charge is -2.45. The maximum atomic E-state index is 14.4. The summed E-state index contributed by atoms with van der Waals surface area (Å²) in [6.45, 7) is 14.7. The quantitative estimate of drug-likeness (QED) is 0.784. The minimum atomic E-state index is -0.575. The van der Waals surface area contributed by atoms with Crippen molar-refractivity contribution in [1.82, 2.24) is 4.90 Å². The molecule has 3 saturated heterocycles. The first-order valence-electron chi connectivity index (χ1n) is 10.3. The van der Waals surface area contributed by atoms with Crippen molar-refractivity contribution < 1.29 is 18.4 Å². The van der Waals surface area contributed by atoms with Crippen LogP contribution in [-0.2, 0) is 14.0 Å². The van der Waals surface area contributed by atoms with E-state index in [1.807, 2.05) is 33.8 Å². The number of likely N-dealkylation sites (tertiary alicyclic amines) is 1. The van der Waals surface area contributed by atoms with E-state index >= 15 is 0 Å². The molecule has 0 radical (unpaired) electrons. The van der Waals surface area contributed by atoms with Gasteiger partial charge in [-0.25, -0.2) is 4.39 Å². The van der Waals surface area contributed by atoms with Gasteiger partial charge in [0, 0.05) is 18.8 Å². The highest BCUT2D eigenvalue weighted by Crippen LogP contribution is 2.37. The highest BCUT2D eigenvalue weighted by molar-refractivity contribution is 6.62. The highest BCUT2D eigenvalue weighted by Gasteiger charge is 2.52. The molecule has 154 valence electrons. The van der Waals surface area contributed by atoms with Crippen LogP contribution in [0, 0.1) is 11.7 Å². The molecule has 0 aromatic heterocycles. The first kappa shape index (κ1) is 20.1. The third-order valence-electron chi connectivity index (χ3n) is 6.65. The van der Waals surface area contributed by atoms with Gasteiger partial charge >= 0.3 is 7.12 Å². The van der Waals surface area contributed by atoms with Gasteiger partial charge in [-0.05, 0) is 70.2 Å². The molecule has 3 heterocycles. The van der Waals surface area contributed by atoms with Gasteiger partial charge in [-0.3, -0.25) is 0 Å². The summed E-state index contributed by atoms with van der Waals surface area (Å²) in [5.74, 6) is 0.446. The Balaban J connectivity index is 1.51. The molecule has 3 fully saturated rings. The second kappa shape index (κ2) is 6.97. The summed E-state index contributed by atoms with van der Waals surface area (Å²) in [6, 6.07) is 4.98. The SMILES string of the molecule is CC1CCN(CC2(Nc3cc(F)cc(B4OC(C)(C)C(C)(C)O4)c3)COC2)C1. The molecule has 0 amide bonds. The number of halogens is 1. The van der Waals surface area contributed by atoms with Crippen LogP contribution in [0.2, 0.25) is 0 Å². The van der Waals surface area contributed by atoms with Crippen molar-refractivity contribution in [2.75, 3.05) is 38.2 Å². The van der Waals surface area contributed by atoms with E-state index in [0.717, 1.165) is 31.2 Å². The van der Waals surface area contributed by atoms with Crippen LogP contribution in [0.15, 0.2) is 18.2 Å². The van der Waals surface area contributed by atoms with Crippen molar-refractivity contribution in [3.8, 4) is 0 Å². The minimum Gasteiger partial charge on any atom is -0.399 e. The van der Waals surface area contributed by atoms with Gasteiger partial charge in [0.05, 0.1) is 30.0 Å². The molecule has 3 aliphatic heterocycles. The number of benzene rings is 1. The molecule has 1 N–H and O–H groups in total. The molecule has 0 bridgehead atoms. The second-order valence-corrected chi connectivity index (χ2v) is 9.89. The molecule has 0 saturated carbocycles. The average molecular weight is 390 g/mol. The van der Waals surface area contributed by atoms with Crippen LogP contribution in [0.1, 0.15) is 41.0 Å². The Hall–Kier alpha value is -1.15. The van der Waals surface area contributed by atoms with Crippen LogP contribution in [0.25, 0.3) is 0 Å². The van der Waals surface area contributed by atoms with E-state index in [1.54, 1.807) is 6.07 Å². The predicted molar refractivity (Wildman–Crippen MR) is 110 cm³/mol. The van der Waals surface area contributed by atoms with Crippen LogP contribution < -0.4 is 10.8 Å². The normalized spacial score (nSPS) is 28.4. The smallest absolute Gasteiger partial charge is 0.399 e. The van der Waals surface area contributed by atoms with Crippen LogP contribution in [0.4, 0.5) is 10.1 Å². The van der Waals surface area contributed by atoms with Gasteiger partial charge < -0.3 is 24.3 Å². The fourth-order valence-corrected chi connectivity index (χ4v) is 4.26. The summed E-state index contributed by atoms with van der Waals surface area (Å²) in [7, 11) is -0.575. The van der Waals surface area contributed by atoms with Crippen molar-refractivity contribution in [2.24, 2.45) is 5.92 Å². The summed E-state index contributed by atoms with van der Waals surface area (Å²) < 4.78 is 32.2. The van der Waals surface area contributed by atoms with Gasteiger partial charge in [-0.2, -0.15) is 0 Å². The molecular weight excluding hydrogens is 358 g/mol. The fourth-order valence-electron chi connectivity index (χ4n) is 4.26. The summed E-state index contributed by atoms with van der Waals surface area (Å²) in [6.07, 6.45) is 1.24. The Bertz CT molecular complexity index is 722. The van der Waals surface area contributed by atoms with Crippen LogP contribution >= 0.6 is 0 Å². The van der Waals surface area contributed by atoms with Crippen molar-refractivity contribution in [1.29, 1.82) is 0 Å². The summed E-state index contributed by atoms with van der Waals surface area (Å²) in [5.41, 5.74) is 0.386. The Kier molecular flexibility index (Phi) is 5.02. The molecule has 1 unspecified atom stereocenters. The minimum absolute atomic E-state index is 0.162. The Morgan fingerprint density at radius 1 is 1.14 bits per heavy atom. The van der Waals surface area contributed by atoms with Gasteiger partial charge in [0.25, 0.3) is 0 Å². The van der Waals surface area contributed by atoms with E-state index in [4.69, 9.17) is 14.0 Å². The largest absolute Gasteiger partial charge is 0.495 e. The van der Waals surface area contributed by atoms with Gasteiger partial charge in [-0.1, -0.05) is 6.92 Å². The number of rotatable bonds is 5. The molecule has 1 aromatic rings. The van der Waals surface area contributed by atoms with E-state index in [2.05, 4.69) is 17.1 Å². The zero-order chi connectivity index (χ0) is 20.2. The lowest BCUT2D eigenvalue weighted by Crippen LogP contribution is -2.62. The molecule has 0 aliphatic carbocycles. The molecule has 7 heteroatoms. The first-order valence-corrected chi connectivity index (χ1v) is 10.3. The first-order chi connectivity index (χ1) is 13.1. The van der Waals surface area contributed by atoms with Gasteiger partial charge in [-0.15, -0.1) is 0 Å². The van der Waals surface area contributed by atoms with Gasteiger partial charge in [0.15, 0.2) is 0 Å². The van der Waals surface area contributed by atoms with E-state index < -0.39 is 18.3 Å². The highest BCUT2D eigenvalue weighted by atomic mass is 19.1. The second-order valence-electron chi connectivity index (χ2n) is 9.89. The topological polar surface area (TPSA) is 43.0 Å². The van der Waals surface area contributed by atoms with E-state index in [-0.39, 0.29) is 11.4 Å². The van der Waals surface area contributed by atoms with Crippen molar-refractivity contribution >= 4 is 18.3 Å². The Morgan fingerprint density at radius 2 is 1.82 bits per heavy atom. The summed E-state index contributed by atoms with van der Waals surface area (Å²) in [5, 5.41) is 3.56. The number of nitrogens with zero attached hydrogens (tertiary/aromatic N) is 1. The van der Waals surface area contributed by atoms with Crippen molar-refractivity contribution in [2.45, 2.75) is 57.8 Å². The molecule has 1 atom stereocenters. The molecule has 3 aliphatic rings. The summed E-state index contributed by atoms with van der Waals surface area (Å²) in [4.78, 5) is 2.48. The maximum absolute atomic E-state index is 14.4. The molecule has 5 nitrogen and oxygen atoms in total. The van der Waals surface area contributed by atoms with Gasteiger partial charge in [0.2, 0.25) is 0 Å². The van der Waals surface area contributed by atoms with Crippen molar-refractivity contribution in [3.05, 3.63) is 24.0 Å². The molecule has 0 spiro atoms. The molecule has 1 aromatic carbocycles. The lowest BCUT2D eigenvalue weighted by atomic mass is 9.78. The predicted octanol–water partition coefficient (Wildman–Crippen LogP) is 2.65. The third kappa shape index (κ3) is 3.82. The van der Waals surface area contributed by atoms with Gasteiger partial charge in [0.1, 0.15) is 5.82 Å². The molecule has 28 heavy (non-hydrogen) atoms. The number of ether oxygens (including phenoxy) is 1. The standard InChI is InChI=1S/C21H32BFN2O3/c1-15-6-7-25(11-15)12-21(13-26-14-21)24-18-9-16(8-17(23)10-18)22-27-19(2,3)20(4,5)28-22/h8-10,15,24H,6-7,11-14H2,1-5H3. The monoisotopic (exact) mass is 390 g/mol. The number of hydrogen-bond donors (Lipinski definition) is 1. The molecular formula is C21H32BFN2O3. The van der Waals surface area contributed by atoms with E-state index in [0.29, 0.717) is 18.7 Å². The average Bonchev–Trinajstić information content (AvgIpc) is 3.04. The number of nitrogens with one attached hydrogen (secondary N) is 1. The molecule has 4 rings (SSSR count). The fraction of sp³-hybridized carbons (Fsp3) is 0.714. The number of anilines is 1. The zero-order valence-electron chi connectivity index (χ0n) is 17.7. The lowest BCUT2D eigenvalue weighted by molar-refractivity contribution is -0.0538. The van der Waals surface area contributed by atoms with Crippen LogP contribution in [0.5, 0.6) is 0 Å². The van der Waals surface area contributed by atoms with E-state index in [1.165, 1.54) is 12.5 Å². The zero-order valence-corrected chi connectivity index (χ0v) is 17.7. The Morgan fingerprint density at radius 3 is 2.36 bits per heavy atom. The third-order valence-corrected chi connectivity index (χ3v) is 6.65. The maximum Gasteiger partial charge on any atom is 0.495 e. The number of hydrogen-bond acceptors (Lipinski definition) is 5. The van der Waals surface area contributed by atoms with Crippen molar-refractivity contribution in [3.63, 3.8) is 0 Å². The Labute approximate surface area is 168 Å². The van der Waals surface area contributed by atoms with Crippen LogP contribution in [-0.4, -0.2) is 61.6 Å². The summed E-state index contributed by atoms with van der Waals surface area (Å²) >= 11 is 0. The van der Waals surface area contributed by atoms with E-state index in [9.17, 15) is 4.39 Å².